The molecule has 2 N–H and O–H groups in total. The molecule has 0 aliphatic carbocycles. The van der Waals surface area contributed by atoms with E-state index in [1.165, 1.54) is 0 Å². The zero-order valence-corrected chi connectivity index (χ0v) is 14.9. The third-order valence-corrected chi connectivity index (χ3v) is 5.15. The smallest absolute Gasteiger partial charge is 0.246 e. The number of thioether (sulfide) groups is 1. The van der Waals surface area contributed by atoms with Crippen LogP contribution in [0.4, 0.5) is 0 Å². The van der Waals surface area contributed by atoms with Crippen molar-refractivity contribution >= 4 is 29.5 Å². The standard InChI is InChI=1S/C15H26N4O3S/c1-15(2,3)14(22)19-10-23-9-11(19)13(21)18-6-4-17(5-7-18)8-12(16)20/h11H,4-10H2,1-3H3,(H2,16,20)/t11-/m0/s1. The van der Waals surface area contributed by atoms with Gasteiger partial charge in [0.15, 0.2) is 0 Å². The first kappa shape index (κ1) is 18.1. The van der Waals surface area contributed by atoms with Crippen LogP contribution in [-0.4, -0.2) is 82.8 Å². The molecule has 0 spiro atoms. The molecule has 2 aliphatic rings. The highest BCUT2D eigenvalue weighted by Crippen LogP contribution is 2.28. The minimum absolute atomic E-state index is 0.0197. The van der Waals surface area contributed by atoms with Gasteiger partial charge in [0.25, 0.3) is 0 Å². The van der Waals surface area contributed by atoms with E-state index in [4.69, 9.17) is 5.73 Å². The van der Waals surface area contributed by atoms with Crippen LogP contribution in [0.3, 0.4) is 0 Å². The number of amides is 3. The van der Waals surface area contributed by atoms with Crippen LogP contribution in [0.1, 0.15) is 20.8 Å². The first-order valence-corrected chi connectivity index (χ1v) is 9.04. The summed E-state index contributed by atoms with van der Waals surface area (Å²) in [5, 5.41) is 0. The molecule has 0 aromatic heterocycles. The van der Waals surface area contributed by atoms with Gasteiger partial charge in [-0.2, -0.15) is 0 Å². The lowest BCUT2D eigenvalue weighted by Gasteiger charge is -2.37. The quantitative estimate of drug-likeness (QED) is 0.752. The zero-order chi connectivity index (χ0) is 17.2. The average Bonchev–Trinajstić information content (AvgIpc) is 2.94. The summed E-state index contributed by atoms with van der Waals surface area (Å²) in [6.07, 6.45) is 0. The topological polar surface area (TPSA) is 87.0 Å². The van der Waals surface area contributed by atoms with Gasteiger partial charge in [-0.05, 0) is 0 Å². The molecule has 0 saturated carbocycles. The molecule has 0 radical (unpaired) electrons. The number of primary amides is 1. The van der Waals surface area contributed by atoms with E-state index in [0.29, 0.717) is 37.8 Å². The summed E-state index contributed by atoms with van der Waals surface area (Å²) in [4.78, 5) is 41.7. The maximum Gasteiger partial charge on any atom is 0.246 e. The van der Waals surface area contributed by atoms with Crippen molar-refractivity contribution in [2.75, 3.05) is 44.4 Å². The van der Waals surface area contributed by atoms with Crippen molar-refractivity contribution in [3.8, 4) is 0 Å². The summed E-state index contributed by atoms with van der Waals surface area (Å²) >= 11 is 1.62. The lowest BCUT2D eigenvalue weighted by Crippen LogP contribution is -2.56. The van der Waals surface area contributed by atoms with Crippen molar-refractivity contribution < 1.29 is 14.4 Å². The molecule has 1 atom stereocenters. The van der Waals surface area contributed by atoms with Crippen LogP contribution in [0.2, 0.25) is 0 Å². The summed E-state index contributed by atoms with van der Waals surface area (Å²) in [6.45, 7) is 8.29. The van der Waals surface area contributed by atoms with Crippen LogP contribution in [0, 0.1) is 5.41 Å². The highest BCUT2D eigenvalue weighted by Gasteiger charge is 2.41. The summed E-state index contributed by atoms with van der Waals surface area (Å²) in [5.74, 6) is 0.925. The summed E-state index contributed by atoms with van der Waals surface area (Å²) in [7, 11) is 0. The Hall–Kier alpha value is -1.28. The largest absolute Gasteiger partial charge is 0.369 e. The van der Waals surface area contributed by atoms with Crippen LogP contribution in [-0.2, 0) is 14.4 Å². The van der Waals surface area contributed by atoms with Crippen molar-refractivity contribution in [2.24, 2.45) is 11.1 Å². The maximum absolute atomic E-state index is 12.8. The molecule has 2 aliphatic heterocycles. The van der Waals surface area contributed by atoms with Gasteiger partial charge in [0.05, 0.1) is 12.4 Å². The fraction of sp³-hybridized carbons (Fsp3) is 0.800. The highest BCUT2D eigenvalue weighted by atomic mass is 32.2. The Kier molecular flexibility index (Phi) is 5.57. The number of carbonyl (C=O) groups excluding carboxylic acids is 3. The van der Waals surface area contributed by atoms with Crippen molar-refractivity contribution in [2.45, 2.75) is 26.8 Å². The second-order valence-corrected chi connectivity index (χ2v) is 8.11. The Morgan fingerprint density at radius 3 is 2.26 bits per heavy atom. The van der Waals surface area contributed by atoms with E-state index < -0.39 is 5.41 Å². The van der Waals surface area contributed by atoms with Gasteiger partial charge >= 0.3 is 0 Å². The SMILES string of the molecule is CC(C)(C)C(=O)N1CSC[C@H]1C(=O)N1CCN(CC(N)=O)CC1. The normalized spacial score (nSPS) is 23.2. The van der Waals surface area contributed by atoms with E-state index in [1.54, 1.807) is 21.6 Å². The van der Waals surface area contributed by atoms with Crippen LogP contribution < -0.4 is 5.73 Å². The van der Waals surface area contributed by atoms with Gasteiger partial charge in [-0.1, -0.05) is 20.8 Å². The summed E-state index contributed by atoms with van der Waals surface area (Å²) in [6, 6.07) is -0.366. The molecular weight excluding hydrogens is 316 g/mol. The van der Waals surface area contributed by atoms with Crippen molar-refractivity contribution in [1.29, 1.82) is 0 Å². The monoisotopic (exact) mass is 342 g/mol. The number of hydrogen-bond acceptors (Lipinski definition) is 5. The summed E-state index contributed by atoms with van der Waals surface area (Å²) < 4.78 is 0. The summed E-state index contributed by atoms with van der Waals surface area (Å²) in [5.41, 5.74) is 4.72. The van der Waals surface area contributed by atoms with Crippen LogP contribution in [0.15, 0.2) is 0 Å². The Balaban J connectivity index is 1.95. The van der Waals surface area contributed by atoms with Crippen LogP contribution >= 0.6 is 11.8 Å². The number of hydrogen-bond donors (Lipinski definition) is 1. The van der Waals surface area contributed by atoms with Gasteiger partial charge in [-0.25, -0.2) is 0 Å². The van der Waals surface area contributed by atoms with Gasteiger partial charge in [-0.3, -0.25) is 19.3 Å². The Bertz CT molecular complexity index is 484. The first-order chi connectivity index (χ1) is 10.7. The van der Waals surface area contributed by atoms with E-state index in [0.717, 1.165) is 0 Å². The number of carbonyl (C=O) groups is 3. The van der Waals surface area contributed by atoms with Gasteiger partial charge in [-0.15, -0.1) is 11.8 Å². The predicted molar refractivity (Wildman–Crippen MR) is 89.6 cm³/mol. The van der Waals surface area contributed by atoms with E-state index in [9.17, 15) is 14.4 Å². The molecule has 2 heterocycles. The second-order valence-electron chi connectivity index (χ2n) is 7.11. The fourth-order valence-corrected chi connectivity index (χ4v) is 3.98. The molecule has 2 saturated heterocycles. The molecule has 7 nitrogen and oxygen atoms in total. The molecule has 23 heavy (non-hydrogen) atoms. The van der Waals surface area contributed by atoms with Gasteiger partial charge in [0, 0.05) is 37.3 Å². The molecular formula is C15H26N4O3S. The lowest BCUT2D eigenvalue weighted by molar-refractivity contribution is -0.148. The van der Waals surface area contributed by atoms with E-state index in [-0.39, 0.29) is 30.3 Å². The Labute approximate surface area is 141 Å². The Morgan fingerprint density at radius 2 is 1.74 bits per heavy atom. The molecule has 2 fully saturated rings. The number of nitrogens with two attached hydrogens (primary N) is 1. The van der Waals surface area contributed by atoms with E-state index >= 15 is 0 Å². The number of nitrogens with zero attached hydrogens (tertiary/aromatic N) is 3. The average molecular weight is 342 g/mol. The first-order valence-electron chi connectivity index (χ1n) is 7.88. The molecule has 0 aromatic carbocycles. The molecule has 0 aromatic rings. The van der Waals surface area contributed by atoms with Crippen molar-refractivity contribution in [3.05, 3.63) is 0 Å². The minimum atomic E-state index is -0.483. The molecule has 3 amide bonds. The van der Waals surface area contributed by atoms with Crippen molar-refractivity contribution in [1.82, 2.24) is 14.7 Å². The van der Waals surface area contributed by atoms with E-state index in [1.807, 2.05) is 25.7 Å². The number of piperazine rings is 1. The molecule has 130 valence electrons. The third-order valence-electron chi connectivity index (χ3n) is 4.13. The highest BCUT2D eigenvalue weighted by molar-refractivity contribution is 7.99. The van der Waals surface area contributed by atoms with Gasteiger partial charge in [0.1, 0.15) is 6.04 Å². The maximum atomic E-state index is 12.8. The van der Waals surface area contributed by atoms with E-state index in [2.05, 4.69) is 0 Å². The molecule has 2 rings (SSSR count). The van der Waals surface area contributed by atoms with Crippen molar-refractivity contribution in [3.63, 3.8) is 0 Å². The van der Waals surface area contributed by atoms with Crippen LogP contribution in [0.25, 0.3) is 0 Å². The number of rotatable bonds is 3. The van der Waals surface area contributed by atoms with Crippen LogP contribution in [0.5, 0.6) is 0 Å². The minimum Gasteiger partial charge on any atom is -0.369 e. The molecule has 0 bridgehead atoms. The fourth-order valence-electron chi connectivity index (χ4n) is 2.84. The second kappa shape index (κ2) is 7.09. The van der Waals surface area contributed by atoms with Gasteiger partial charge in [0.2, 0.25) is 17.7 Å². The Morgan fingerprint density at radius 1 is 1.13 bits per heavy atom. The predicted octanol–water partition coefficient (Wildman–Crippen LogP) is -0.436. The lowest BCUT2D eigenvalue weighted by atomic mass is 9.94. The zero-order valence-electron chi connectivity index (χ0n) is 14.1. The van der Waals surface area contributed by atoms with Gasteiger partial charge < -0.3 is 15.5 Å². The molecule has 8 heteroatoms. The molecule has 0 unspecified atom stereocenters. The third kappa shape index (κ3) is 4.38.